The van der Waals surface area contributed by atoms with E-state index in [2.05, 4.69) is 54.2 Å². The van der Waals surface area contributed by atoms with E-state index >= 15 is 0 Å². The largest absolute Gasteiger partial charge is 0.351 e. The summed E-state index contributed by atoms with van der Waals surface area (Å²) in [5, 5.41) is 3.34. The van der Waals surface area contributed by atoms with Crippen LogP contribution in [0.5, 0.6) is 0 Å². The molecule has 0 atom stereocenters. The van der Waals surface area contributed by atoms with Crippen molar-refractivity contribution in [3.8, 4) is 0 Å². The molecular formula is C17H24N4. The normalized spacial score (nSPS) is 10.6. The van der Waals surface area contributed by atoms with Crippen LogP contribution in [0, 0.1) is 6.92 Å². The lowest BCUT2D eigenvalue weighted by molar-refractivity contribution is 0.717. The van der Waals surface area contributed by atoms with Gasteiger partial charge in [-0.05, 0) is 44.2 Å². The van der Waals surface area contributed by atoms with Crippen molar-refractivity contribution in [2.24, 2.45) is 0 Å². The molecule has 0 unspecified atom stereocenters. The predicted molar refractivity (Wildman–Crippen MR) is 87.3 cm³/mol. The van der Waals surface area contributed by atoms with Gasteiger partial charge in [0.25, 0.3) is 0 Å². The Balaban J connectivity index is 2.13. The van der Waals surface area contributed by atoms with Gasteiger partial charge in [-0.25, -0.2) is 4.98 Å². The Hall–Kier alpha value is -1.94. The van der Waals surface area contributed by atoms with Crippen LogP contribution in [0.3, 0.4) is 0 Å². The quantitative estimate of drug-likeness (QED) is 0.849. The average Bonchev–Trinajstić information content (AvgIpc) is 2.52. The fraction of sp³-hybridized carbons (Fsp3) is 0.412. The Morgan fingerprint density at radius 2 is 2.00 bits per heavy atom. The second kappa shape index (κ2) is 7.74. The number of aryl methyl sites for hydroxylation is 1. The second-order valence-electron chi connectivity index (χ2n) is 5.03. The molecule has 2 heterocycles. The Labute approximate surface area is 127 Å². The topological polar surface area (TPSA) is 41.0 Å². The molecule has 2 rings (SSSR count). The third kappa shape index (κ3) is 4.26. The van der Waals surface area contributed by atoms with E-state index in [1.807, 2.05) is 18.3 Å². The van der Waals surface area contributed by atoms with Gasteiger partial charge < -0.3 is 10.2 Å². The molecule has 0 spiro atoms. The first-order chi connectivity index (χ1) is 10.2. The summed E-state index contributed by atoms with van der Waals surface area (Å²) < 4.78 is 0. The summed E-state index contributed by atoms with van der Waals surface area (Å²) in [6, 6.07) is 10.3. The molecule has 0 saturated heterocycles. The van der Waals surface area contributed by atoms with Gasteiger partial charge in [0.2, 0.25) is 0 Å². The molecular weight excluding hydrogens is 260 g/mol. The molecule has 0 aliphatic carbocycles. The first-order valence-corrected chi connectivity index (χ1v) is 7.56. The van der Waals surface area contributed by atoms with E-state index in [-0.39, 0.29) is 0 Å². The minimum absolute atomic E-state index is 0.788. The van der Waals surface area contributed by atoms with Gasteiger partial charge in [0.05, 0.1) is 12.2 Å². The number of anilines is 1. The van der Waals surface area contributed by atoms with Crippen LogP contribution in [0.2, 0.25) is 0 Å². The van der Waals surface area contributed by atoms with E-state index < -0.39 is 0 Å². The molecule has 0 fully saturated rings. The van der Waals surface area contributed by atoms with E-state index in [1.54, 1.807) is 0 Å². The summed E-state index contributed by atoms with van der Waals surface area (Å²) >= 11 is 0. The third-order valence-corrected chi connectivity index (χ3v) is 3.53. The van der Waals surface area contributed by atoms with Crippen molar-refractivity contribution in [3.63, 3.8) is 0 Å². The molecule has 2 aromatic heterocycles. The van der Waals surface area contributed by atoms with E-state index in [9.17, 15) is 0 Å². The maximum Gasteiger partial charge on any atom is 0.129 e. The lowest BCUT2D eigenvalue weighted by Crippen LogP contribution is -2.24. The van der Waals surface area contributed by atoms with Crippen molar-refractivity contribution in [3.05, 3.63) is 53.5 Å². The zero-order valence-corrected chi connectivity index (χ0v) is 13.1. The summed E-state index contributed by atoms with van der Waals surface area (Å²) in [6.45, 7) is 9.88. The standard InChI is InChI=1S/C17H24N4/c1-4-18-12-15-9-10-17(20-14(15)3)21(5-2)13-16-8-6-7-11-19-16/h6-11,18H,4-5,12-13H2,1-3H3. The molecule has 4 heteroatoms. The Kier molecular flexibility index (Phi) is 5.69. The lowest BCUT2D eigenvalue weighted by atomic mass is 10.2. The average molecular weight is 284 g/mol. The number of rotatable bonds is 7. The van der Waals surface area contributed by atoms with E-state index in [4.69, 9.17) is 4.98 Å². The molecule has 0 aliphatic rings. The zero-order valence-electron chi connectivity index (χ0n) is 13.1. The SMILES string of the molecule is CCNCc1ccc(N(CC)Cc2ccccn2)nc1C. The molecule has 0 bridgehead atoms. The summed E-state index contributed by atoms with van der Waals surface area (Å²) in [5.74, 6) is 1.01. The fourth-order valence-corrected chi connectivity index (χ4v) is 2.24. The van der Waals surface area contributed by atoms with Crippen molar-refractivity contribution >= 4 is 5.82 Å². The molecule has 0 aromatic carbocycles. The second-order valence-corrected chi connectivity index (χ2v) is 5.03. The molecule has 0 amide bonds. The van der Waals surface area contributed by atoms with E-state index in [0.29, 0.717) is 0 Å². The van der Waals surface area contributed by atoms with E-state index in [1.165, 1.54) is 5.56 Å². The van der Waals surface area contributed by atoms with Crippen molar-refractivity contribution in [1.29, 1.82) is 0 Å². The van der Waals surface area contributed by atoms with Crippen molar-refractivity contribution in [1.82, 2.24) is 15.3 Å². The highest BCUT2D eigenvalue weighted by atomic mass is 15.2. The number of nitrogens with zero attached hydrogens (tertiary/aromatic N) is 3. The summed E-state index contributed by atoms with van der Waals surface area (Å²) in [5.41, 5.74) is 3.41. The van der Waals surface area contributed by atoms with Crippen LogP contribution >= 0.6 is 0 Å². The van der Waals surface area contributed by atoms with Gasteiger partial charge in [0, 0.05) is 25.0 Å². The Bertz CT molecular complexity index is 554. The zero-order chi connectivity index (χ0) is 15.1. The summed E-state index contributed by atoms with van der Waals surface area (Å²) in [4.78, 5) is 11.4. The highest BCUT2D eigenvalue weighted by Gasteiger charge is 2.09. The van der Waals surface area contributed by atoms with Crippen LogP contribution < -0.4 is 10.2 Å². The molecule has 0 radical (unpaired) electrons. The van der Waals surface area contributed by atoms with Crippen LogP contribution in [0.1, 0.15) is 30.8 Å². The third-order valence-electron chi connectivity index (χ3n) is 3.53. The Morgan fingerprint density at radius 3 is 2.62 bits per heavy atom. The smallest absolute Gasteiger partial charge is 0.129 e. The summed E-state index contributed by atoms with van der Waals surface area (Å²) in [7, 11) is 0. The van der Waals surface area contributed by atoms with Gasteiger partial charge in [-0.1, -0.05) is 19.1 Å². The predicted octanol–water partition coefficient (Wildman–Crippen LogP) is 2.92. The molecule has 0 aliphatic heterocycles. The Morgan fingerprint density at radius 1 is 1.14 bits per heavy atom. The minimum atomic E-state index is 0.788. The molecule has 0 saturated carbocycles. The van der Waals surface area contributed by atoms with Crippen LogP contribution in [-0.2, 0) is 13.1 Å². The van der Waals surface area contributed by atoms with E-state index in [0.717, 1.165) is 43.4 Å². The van der Waals surface area contributed by atoms with Gasteiger partial charge in [0.1, 0.15) is 5.82 Å². The number of nitrogens with one attached hydrogen (secondary N) is 1. The molecule has 4 nitrogen and oxygen atoms in total. The number of aromatic nitrogens is 2. The first-order valence-electron chi connectivity index (χ1n) is 7.56. The first kappa shape index (κ1) is 15.4. The number of pyridine rings is 2. The van der Waals surface area contributed by atoms with Gasteiger partial charge in [-0.3, -0.25) is 4.98 Å². The molecule has 21 heavy (non-hydrogen) atoms. The van der Waals surface area contributed by atoms with Crippen LogP contribution in [-0.4, -0.2) is 23.1 Å². The molecule has 2 aromatic rings. The number of hydrogen-bond donors (Lipinski definition) is 1. The fourth-order valence-electron chi connectivity index (χ4n) is 2.24. The highest BCUT2D eigenvalue weighted by molar-refractivity contribution is 5.42. The van der Waals surface area contributed by atoms with Crippen LogP contribution in [0.4, 0.5) is 5.82 Å². The highest BCUT2D eigenvalue weighted by Crippen LogP contribution is 2.16. The van der Waals surface area contributed by atoms with Crippen LogP contribution in [0.25, 0.3) is 0 Å². The minimum Gasteiger partial charge on any atom is -0.351 e. The number of hydrogen-bond acceptors (Lipinski definition) is 4. The van der Waals surface area contributed by atoms with Crippen molar-refractivity contribution < 1.29 is 0 Å². The van der Waals surface area contributed by atoms with Gasteiger partial charge in [-0.15, -0.1) is 0 Å². The van der Waals surface area contributed by atoms with Gasteiger partial charge in [-0.2, -0.15) is 0 Å². The summed E-state index contributed by atoms with van der Waals surface area (Å²) in [6.07, 6.45) is 1.83. The van der Waals surface area contributed by atoms with Gasteiger partial charge in [0.15, 0.2) is 0 Å². The maximum absolute atomic E-state index is 4.75. The van der Waals surface area contributed by atoms with Crippen molar-refractivity contribution in [2.75, 3.05) is 18.0 Å². The maximum atomic E-state index is 4.75. The molecule has 1 N–H and O–H groups in total. The monoisotopic (exact) mass is 284 g/mol. The van der Waals surface area contributed by atoms with Crippen molar-refractivity contribution in [2.45, 2.75) is 33.9 Å². The lowest BCUT2D eigenvalue weighted by Gasteiger charge is -2.22. The molecule has 112 valence electrons. The van der Waals surface area contributed by atoms with Crippen LogP contribution in [0.15, 0.2) is 36.5 Å². The van der Waals surface area contributed by atoms with Gasteiger partial charge >= 0.3 is 0 Å².